The van der Waals surface area contributed by atoms with Crippen LogP contribution in [0.5, 0.6) is 11.5 Å². The van der Waals surface area contributed by atoms with Crippen molar-refractivity contribution in [1.82, 2.24) is 0 Å². The maximum atomic E-state index is 11.6. The van der Waals surface area contributed by atoms with E-state index in [1.807, 2.05) is 0 Å². The first kappa shape index (κ1) is 11.8. The fourth-order valence-electron chi connectivity index (χ4n) is 1.18. The van der Waals surface area contributed by atoms with Gasteiger partial charge in [0.1, 0.15) is 10.8 Å². The fraction of sp³-hybridized carbons (Fsp3) is 0.300. The molecule has 5 heteroatoms. The number of ketones is 1. The van der Waals surface area contributed by atoms with Gasteiger partial charge in [0, 0.05) is 0 Å². The van der Waals surface area contributed by atoms with Crippen molar-refractivity contribution in [3.63, 3.8) is 0 Å². The van der Waals surface area contributed by atoms with Crippen LogP contribution < -0.4 is 10.5 Å². The van der Waals surface area contributed by atoms with Crippen LogP contribution in [0.2, 0.25) is 5.02 Å². The van der Waals surface area contributed by atoms with Crippen LogP contribution in [0.15, 0.2) is 12.1 Å². The summed E-state index contributed by atoms with van der Waals surface area (Å²) in [6, 6.07) is 2.13. The molecule has 0 radical (unpaired) electrons. The summed E-state index contributed by atoms with van der Waals surface area (Å²) in [5, 5.41) is 9.34. The summed E-state index contributed by atoms with van der Waals surface area (Å²) in [7, 11) is 1.37. The van der Waals surface area contributed by atoms with Crippen molar-refractivity contribution in [1.29, 1.82) is 0 Å². The van der Waals surface area contributed by atoms with Gasteiger partial charge in [-0.15, -0.1) is 0 Å². The molecule has 1 atom stereocenters. The normalized spacial score (nSPS) is 12.3. The zero-order chi connectivity index (χ0) is 11.6. The van der Waals surface area contributed by atoms with Gasteiger partial charge < -0.3 is 15.6 Å². The zero-order valence-corrected chi connectivity index (χ0v) is 9.21. The first-order chi connectivity index (χ1) is 6.99. The molecule has 3 N–H and O–H groups in total. The van der Waals surface area contributed by atoms with E-state index >= 15 is 0 Å². The van der Waals surface area contributed by atoms with Crippen molar-refractivity contribution in [3.05, 3.63) is 22.7 Å². The summed E-state index contributed by atoms with van der Waals surface area (Å²) in [5.74, 6) is -0.262. The molecule has 0 aliphatic rings. The number of hydrogen-bond donors (Lipinski definition) is 2. The minimum atomic E-state index is -0.639. The van der Waals surface area contributed by atoms with Crippen LogP contribution >= 0.6 is 11.6 Å². The van der Waals surface area contributed by atoms with Gasteiger partial charge in [0.05, 0.1) is 18.7 Å². The first-order valence-electron chi connectivity index (χ1n) is 4.34. The topological polar surface area (TPSA) is 72.5 Å². The van der Waals surface area contributed by atoms with Crippen molar-refractivity contribution >= 4 is 17.4 Å². The molecular formula is C10H12ClNO3. The Morgan fingerprint density at radius 3 is 2.67 bits per heavy atom. The molecule has 0 spiro atoms. The number of rotatable bonds is 3. The summed E-state index contributed by atoms with van der Waals surface area (Å²) in [4.78, 5) is 11.6. The molecule has 0 heterocycles. The minimum absolute atomic E-state index is 0.0176. The van der Waals surface area contributed by atoms with Gasteiger partial charge in [0.25, 0.3) is 0 Å². The number of phenols is 1. The van der Waals surface area contributed by atoms with Crippen LogP contribution in [0.3, 0.4) is 0 Å². The second kappa shape index (κ2) is 4.51. The molecule has 0 fully saturated rings. The predicted molar refractivity (Wildman–Crippen MR) is 57.6 cm³/mol. The Hall–Kier alpha value is -1.26. The molecule has 0 saturated carbocycles. The number of nitrogens with two attached hydrogens (primary N) is 1. The van der Waals surface area contributed by atoms with E-state index in [2.05, 4.69) is 0 Å². The van der Waals surface area contributed by atoms with E-state index in [4.69, 9.17) is 22.1 Å². The summed E-state index contributed by atoms with van der Waals surface area (Å²) < 4.78 is 4.96. The standard InChI is InChI=1S/C10H12ClNO3/c1-5(12)9(14)6-3-4-7(13)8(11)10(6)15-2/h3-5,13H,12H2,1-2H3. The van der Waals surface area contributed by atoms with E-state index in [0.717, 1.165) is 0 Å². The molecule has 0 bridgehead atoms. The van der Waals surface area contributed by atoms with Gasteiger partial charge >= 0.3 is 0 Å². The van der Waals surface area contributed by atoms with Gasteiger partial charge in [0.15, 0.2) is 11.5 Å². The number of ether oxygens (including phenoxy) is 1. The maximum absolute atomic E-state index is 11.6. The molecule has 0 aromatic heterocycles. The Morgan fingerprint density at radius 1 is 1.60 bits per heavy atom. The molecule has 1 unspecified atom stereocenters. The molecule has 4 nitrogen and oxygen atoms in total. The Kier molecular flexibility index (Phi) is 3.55. The van der Waals surface area contributed by atoms with Gasteiger partial charge in [-0.05, 0) is 19.1 Å². The number of aromatic hydroxyl groups is 1. The number of carbonyl (C=O) groups excluding carboxylic acids is 1. The third-order valence-electron chi connectivity index (χ3n) is 1.96. The lowest BCUT2D eigenvalue weighted by atomic mass is 10.0. The second-order valence-electron chi connectivity index (χ2n) is 3.13. The van der Waals surface area contributed by atoms with Crippen molar-refractivity contribution in [2.75, 3.05) is 7.11 Å². The molecule has 0 aliphatic heterocycles. The highest BCUT2D eigenvalue weighted by molar-refractivity contribution is 6.34. The number of hydrogen-bond acceptors (Lipinski definition) is 4. The van der Waals surface area contributed by atoms with E-state index in [1.54, 1.807) is 6.92 Å². The number of carbonyl (C=O) groups is 1. The van der Waals surface area contributed by atoms with Crippen LogP contribution in [0.4, 0.5) is 0 Å². The van der Waals surface area contributed by atoms with Crippen molar-refractivity contribution in [2.45, 2.75) is 13.0 Å². The minimum Gasteiger partial charge on any atom is -0.506 e. The summed E-state index contributed by atoms with van der Waals surface area (Å²) >= 11 is 5.78. The third kappa shape index (κ3) is 2.22. The lowest BCUT2D eigenvalue weighted by molar-refractivity contribution is 0.0965. The predicted octanol–water partition coefficient (Wildman–Crippen LogP) is 1.58. The van der Waals surface area contributed by atoms with Gasteiger partial charge in [0.2, 0.25) is 0 Å². The summed E-state index contributed by atoms with van der Waals surface area (Å²) in [5.41, 5.74) is 5.74. The Labute approximate surface area is 92.6 Å². The Bertz CT molecular complexity index is 390. The molecule has 1 rings (SSSR count). The monoisotopic (exact) mass is 229 g/mol. The molecule has 1 aromatic carbocycles. The summed E-state index contributed by atoms with van der Waals surface area (Å²) in [6.45, 7) is 1.57. The van der Waals surface area contributed by atoms with Gasteiger partial charge in [-0.1, -0.05) is 11.6 Å². The third-order valence-corrected chi connectivity index (χ3v) is 2.33. The van der Waals surface area contributed by atoms with Crippen LogP contribution in [0.25, 0.3) is 0 Å². The lowest BCUT2D eigenvalue weighted by Gasteiger charge is -2.11. The number of methoxy groups -OCH3 is 1. The van der Waals surface area contributed by atoms with Crippen LogP contribution in [-0.4, -0.2) is 24.0 Å². The van der Waals surface area contributed by atoms with Crippen LogP contribution in [0, 0.1) is 0 Å². The maximum Gasteiger partial charge on any atom is 0.183 e. The molecule has 0 saturated heterocycles. The average Bonchev–Trinajstić information content (AvgIpc) is 2.20. The van der Waals surface area contributed by atoms with Crippen molar-refractivity contribution in [3.8, 4) is 11.5 Å². The van der Waals surface area contributed by atoms with E-state index < -0.39 is 6.04 Å². The zero-order valence-electron chi connectivity index (χ0n) is 8.45. The molecule has 0 aliphatic carbocycles. The second-order valence-corrected chi connectivity index (χ2v) is 3.51. The highest BCUT2D eigenvalue weighted by Crippen LogP contribution is 2.36. The molecule has 0 amide bonds. The highest BCUT2D eigenvalue weighted by atomic mass is 35.5. The van der Waals surface area contributed by atoms with Gasteiger partial charge in [-0.2, -0.15) is 0 Å². The van der Waals surface area contributed by atoms with Gasteiger partial charge in [-0.3, -0.25) is 4.79 Å². The van der Waals surface area contributed by atoms with Gasteiger partial charge in [-0.25, -0.2) is 0 Å². The number of phenolic OH excluding ortho intramolecular Hbond substituents is 1. The number of halogens is 1. The fourth-order valence-corrected chi connectivity index (χ4v) is 1.43. The summed E-state index contributed by atoms with van der Waals surface area (Å²) in [6.07, 6.45) is 0. The smallest absolute Gasteiger partial charge is 0.183 e. The van der Waals surface area contributed by atoms with E-state index in [1.165, 1.54) is 19.2 Å². The molecule has 1 aromatic rings. The van der Waals surface area contributed by atoms with Crippen LogP contribution in [0.1, 0.15) is 17.3 Å². The largest absolute Gasteiger partial charge is 0.506 e. The molecular weight excluding hydrogens is 218 g/mol. The van der Waals surface area contributed by atoms with E-state index in [-0.39, 0.29) is 27.9 Å². The van der Waals surface area contributed by atoms with E-state index in [0.29, 0.717) is 0 Å². The Morgan fingerprint density at radius 2 is 2.20 bits per heavy atom. The SMILES string of the molecule is COc1c(C(=O)C(C)N)ccc(O)c1Cl. The van der Waals surface area contributed by atoms with Crippen molar-refractivity contribution in [2.24, 2.45) is 5.73 Å². The number of benzene rings is 1. The van der Waals surface area contributed by atoms with Crippen LogP contribution in [-0.2, 0) is 0 Å². The molecule has 82 valence electrons. The van der Waals surface area contributed by atoms with Crippen molar-refractivity contribution < 1.29 is 14.6 Å². The first-order valence-corrected chi connectivity index (χ1v) is 4.72. The Balaban J connectivity index is 3.31. The number of Topliss-reactive ketones (excluding diaryl/α,β-unsaturated/α-hetero) is 1. The molecule has 15 heavy (non-hydrogen) atoms. The average molecular weight is 230 g/mol. The van der Waals surface area contributed by atoms with E-state index in [9.17, 15) is 9.90 Å². The quantitative estimate of drug-likeness (QED) is 0.772. The highest BCUT2D eigenvalue weighted by Gasteiger charge is 2.19. The lowest BCUT2D eigenvalue weighted by Crippen LogP contribution is -2.27.